The molecule has 0 amide bonds. The predicted molar refractivity (Wildman–Crippen MR) is 32.6 cm³/mol. The number of hydrogen-bond acceptors (Lipinski definition) is 7. The minimum Gasteiger partial charge on any atom is -0.391 e. The molecule has 0 aromatic carbocycles. The molecule has 1 unspecified atom stereocenters. The number of rotatable bonds is 0. The van der Waals surface area contributed by atoms with Crippen molar-refractivity contribution in [1.29, 1.82) is 0 Å². The molecule has 2 rings (SSSR count). The third kappa shape index (κ3) is 0.593. The quantitative estimate of drug-likeness (QED) is 0.327. The molecule has 7 nitrogen and oxygen atoms in total. The minimum atomic E-state index is -2.21. The van der Waals surface area contributed by atoms with Crippen LogP contribution in [0.4, 0.5) is 0 Å². The van der Waals surface area contributed by atoms with Gasteiger partial charge in [-0.25, -0.2) is 19.2 Å². The Labute approximate surface area is 70.8 Å². The number of nitrogens with two attached hydrogens (primary N) is 1. The molecule has 1 spiro atoms. The molecule has 2 fully saturated rings. The zero-order valence-electron chi connectivity index (χ0n) is 6.10. The molecular weight excluding hydrogens is 182 g/mol. The second-order valence-electron chi connectivity index (χ2n) is 2.67. The third-order valence-corrected chi connectivity index (χ3v) is 2.07. The maximum Gasteiger partial charge on any atom is 0.345 e. The molecule has 2 heterocycles. The Balaban J connectivity index is 2.53. The standard InChI is InChI=1S/C6H3NO6/c7-1-2(8)12-3(9)6(1)4(10)13-5(6)11/h1H,7H2. The molecule has 0 aromatic rings. The Bertz CT molecular complexity index is 344. The fraction of sp³-hybridized carbons (Fsp3) is 0.333. The van der Waals surface area contributed by atoms with Gasteiger partial charge in [0, 0.05) is 0 Å². The van der Waals surface area contributed by atoms with E-state index in [1.54, 1.807) is 0 Å². The van der Waals surface area contributed by atoms with Gasteiger partial charge in [0.2, 0.25) is 0 Å². The molecule has 2 aliphatic rings. The van der Waals surface area contributed by atoms with Gasteiger partial charge in [-0.1, -0.05) is 0 Å². The first-order valence-electron chi connectivity index (χ1n) is 3.29. The van der Waals surface area contributed by atoms with Crippen molar-refractivity contribution in [3.05, 3.63) is 0 Å². The molecule has 0 bridgehead atoms. The van der Waals surface area contributed by atoms with Gasteiger partial charge >= 0.3 is 23.9 Å². The average Bonchev–Trinajstić information content (AvgIpc) is 2.26. The van der Waals surface area contributed by atoms with Gasteiger partial charge in [-0.05, 0) is 0 Å². The highest BCUT2D eigenvalue weighted by Crippen LogP contribution is 2.39. The molecule has 2 N–H and O–H groups in total. The molecule has 0 aromatic heterocycles. The van der Waals surface area contributed by atoms with E-state index in [0.717, 1.165) is 0 Å². The molecule has 13 heavy (non-hydrogen) atoms. The minimum absolute atomic E-state index is 1.09. The van der Waals surface area contributed by atoms with Crippen LogP contribution in [0.25, 0.3) is 0 Å². The first kappa shape index (κ1) is 7.87. The Kier molecular flexibility index (Phi) is 1.17. The van der Waals surface area contributed by atoms with E-state index in [0.29, 0.717) is 0 Å². The van der Waals surface area contributed by atoms with E-state index in [4.69, 9.17) is 5.73 Å². The van der Waals surface area contributed by atoms with Crippen molar-refractivity contribution in [2.24, 2.45) is 11.1 Å². The first-order chi connectivity index (χ1) is 6.01. The normalized spacial score (nSPS) is 30.1. The van der Waals surface area contributed by atoms with E-state index in [-0.39, 0.29) is 0 Å². The summed E-state index contributed by atoms with van der Waals surface area (Å²) in [6.45, 7) is 0. The first-order valence-corrected chi connectivity index (χ1v) is 3.29. The van der Waals surface area contributed by atoms with Gasteiger partial charge in [0.05, 0.1) is 0 Å². The number of ether oxygens (including phenoxy) is 2. The van der Waals surface area contributed by atoms with Crippen molar-refractivity contribution in [2.75, 3.05) is 0 Å². The molecule has 68 valence electrons. The van der Waals surface area contributed by atoms with Crippen LogP contribution >= 0.6 is 0 Å². The topological polar surface area (TPSA) is 113 Å². The molecule has 0 radical (unpaired) electrons. The highest BCUT2D eigenvalue weighted by molar-refractivity contribution is 6.33. The van der Waals surface area contributed by atoms with Crippen LogP contribution in [0.5, 0.6) is 0 Å². The fourth-order valence-corrected chi connectivity index (χ4v) is 1.24. The van der Waals surface area contributed by atoms with E-state index in [9.17, 15) is 19.2 Å². The van der Waals surface area contributed by atoms with Crippen molar-refractivity contribution < 1.29 is 28.7 Å². The van der Waals surface area contributed by atoms with Crippen LogP contribution in [0.15, 0.2) is 0 Å². The highest BCUT2D eigenvalue weighted by Gasteiger charge is 2.76. The maximum atomic E-state index is 11.0. The fourth-order valence-electron chi connectivity index (χ4n) is 1.24. The van der Waals surface area contributed by atoms with Gasteiger partial charge < -0.3 is 15.2 Å². The van der Waals surface area contributed by atoms with Crippen molar-refractivity contribution in [1.82, 2.24) is 0 Å². The van der Waals surface area contributed by atoms with E-state index in [1.165, 1.54) is 0 Å². The zero-order valence-corrected chi connectivity index (χ0v) is 6.10. The van der Waals surface area contributed by atoms with Crippen LogP contribution in [-0.4, -0.2) is 29.9 Å². The van der Waals surface area contributed by atoms with Crippen LogP contribution < -0.4 is 5.73 Å². The van der Waals surface area contributed by atoms with Crippen molar-refractivity contribution in [2.45, 2.75) is 6.04 Å². The lowest BCUT2D eigenvalue weighted by atomic mass is 9.79. The monoisotopic (exact) mass is 185 g/mol. The lowest BCUT2D eigenvalue weighted by Crippen LogP contribution is -2.64. The highest BCUT2D eigenvalue weighted by atomic mass is 16.6. The molecule has 0 saturated carbocycles. The van der Waals surface area contributed by atoms with E-state index >= 15 is 0 Å². The number of carbonyl (C=O) groups excluding carboxylic acids is 4. The zero-order chi connectivity index (χ0) is 9.80. The van der Waals surface area contributed by atoms with Crippen LogP contribution in [0.2, 0.25) is 0 Å². The Hall–Kier alpha value is -1.76. The molecule has 2 aliphatic heterocycles. The summed E-state index contributed by atoms with van der Waals surface area (Å²) < 4.78 is 8.00. The summed E-state index contributed by atoms with van der Waals surface area (Å²) >= 11 is 0. The molecular formula is C6H3NO6. The lowest BCUT2D eigenvalue weighted by molar-refractivity contribution is -0.198. The number of carbonyl (C=O) groups is 4. The SMILES string of the molecule is NC1C(=O)OC(=O)C12C(=O)OC2=O. The summed E-state index contributed by atoms with van der Waals surface area (Å²) in [5.41, 5.74) is 2.96. The van der Waals surface area contributed by atoms with Gasteiger partial charge in [-0.15, -0.1) is 0 Å². The Morgan fingerprint density at radius 1 is 1.00 bits per heavy atom. The van der Waals surface area contributed by atoms with Crippen molar-refractivity contribution in [3.8, 4) is 0 Å². The molecule has 2 saturated heterocycles. The van der Waals surface area contributed by atoms with Gasteiger partial charge in [-0.2, -0.15) is 0 Å². The summed E-state index contributed by atoms with van der Waals surface area (Å²) in [7, 11) is 0. The number of hydrogen-bond donors (Lipinski definition) is 1. The van der Waals surface area contributed by atoms with Crippen LogP contribution in [0.1, 0.15) is 0 Å². The number of esters is 4. The van der Waals surface area contributed by atoms with Gasteiger partial charge in [0.25, 0.3) is 5.41 Å². The smallest absolute Gasteiger partial charge is 0.345 e. The maximum absolute atomic E-state index is 11.0. The molecule has 1 atom stereocenters. The number of cyclic esters (lactones) is 4. The van der Waals surface area contributed by atoms with Crippen LogP contribution in [0, 0.1) is 5.41 Å². The molecule has 7 heteroatoms. The predicted octanol–water partition coefficient (Wildman–Crippen LogP) is -2.53. The van der Waals surface area contributed by atoms with E-state index in [2.05, 4.69) is 9.47 Å². The van der Waals surface area contributed by atoms with Crippen LogP contribution in [0.3, 0.4) is 0 Å². The second-order valence-corrected chi connectivity index (χ2v) is 2.67. The summed E-state index contributed by atoms with van der Waals surface area (Å²) in [5, 5.41) is 0. The van der Waals surface area contributed by atoms with Gasteiger partial charge in [-0.3, -0.25) is 0 Å². The lowest BCUT2D eigenvalue weighted by Gasteiger charge is -2.29. The van der Waals surface area contributed by atoms with Crippen LogP contribution in [-0.2, 0) is 28.7 Å². The third-order valence-electron chi connectivity index (χ3n) is 2.07. The van der Waals surface area contributed by atoms with E-state index in [1.807, 2.05) is 0 Å². The summed E-state index contributed by atoms with van der Waals surface area (Å²) in [6.07, 6.45) is 0. The second kappa shape index (κ2) is 1.94. The molecule has 0 aliphatic carbocycles. The average molecular weight is 185 g/mol. The summed E-state index contributed by atoms with van der Waals surface area (Å²) in [6, 6.07) is -1.58. The van der Waals surface area contributed by atoms with Gasteiger partial charge in [0.1, 0.15) is 6.04 Å². The Morgan fingerprint density at radius 2 is 1.46 bits per heavy atom. The summed E-state index contributed by atoms with van der Waals surface area (Å²) in [4.78, 5) is 43.4. The largest absolute Gasteiger partial charge is 0.391 e. The summed E-state index contributed by atoms with van der Waals surface area (Å²) in [5.74, 6) is -4.58. The van der Waals surface area contributed by atoms with Gasteiger partial charge in [0.15, 0.2) is 0 Å². The van der Waals surface area contributed by atoms with Crippen molar-refractivity contribution >= 4 is 23.9 Å². The Morgan fingerprint density at radius 3 is 1.69 bits per heavy atom. The van der Waals surface area contributed by atoms with Crippen molar-refractivity contribution in [3.63, 3.8) is 0 Å². The van der Waals surface area contributed by atoms with E-state index < -0.39 is 35.3 Å².